The summed E-state index contributed by atoms with van der Waals surface area (Å²) in [7, 11) is 0. The summed E-state index contributed by atoms with van der Waals surface area (Å²) in [5, 5.41) is 5.96. The van der Waals surface area contributed by atoms with Gasteiger partial charge in [-0.1, -0.05) is 24.3 Å². The first-order valence-corrected chi connectivity index (χ1v) is 18.7. The maximum absolute atomic E-state index is 13.7. The maximum Gasteiger partial charge on any atom is 0.410 e. The first-order chi connectivity index (χ1) is 25.6. The summed E-state index contributed by atoms with van der Waals surface area (Å²) in [4.78, 5) is 42.8. The second-order valence-corrected chi connectivity index (χ2v) is 14.9. The van der Waals surface area contributed by atoms with Gasteiger partial charge in [0.05, 0.1) is 18.3 Å². The Bertz CT molecular complexity index is 2050. The van der Waals surface area contributed by atoms with Crippen LogP contribution in [-0.4, -0.2) is 84.5 Å². The number of amides is 2. The molecule has 12 heteroatoms. The quantitative estimate of drug-likeness (QED) is 0.163. The average Bonchev–Trinajstić information content (AvgIpc) is 3.80. The highest BCUT2D eigenvalue weighted by Gasteiger charge is 2.28. The largest absolute Gasteiger partial charge is 0.490 e. The fourth-order valence-corrected chi connectivity index (χ4v) is 7.06. The molecule has 2 aromatic carbocycles. The molecule has 0 saturated carbocycles. The molecule has 2 saturated heterocycles. The van der Waals surface area contributed by atoms with E-state index in [9.17, 15) is 9.59 Å². The lowest BCUT2D eigenvalue weighted by molar-refractivity contribution is -0.0365. The van der Waals surface area contributed by atoms with Gasteiger partial charge in [0, 0.05) is 62.4 Å². The minimum atomic E-state index is -0.586. The highest BCUT2D eigenvalue weighted by Crippen LogP contribution is 2.36. The standard InChI is InChI=1S/C41H49N7O5/c1-6-46(40(50)53-41(3,4)5)26-29-23-42-24-33(27(29)2)28-15-16-35-32(22-28)37(45-48(35)36-14-10-11-21-51-36)38-43-25-34(44-38)39(49)47-19-17-31(18-20-47)52-30-12-8-7-9-13-30/h7-9,12-13,15-16,22-25,31,36H,6,10-11,14,17-21,26H2,1-5H3,(H,43,44). The molecular formula is C41H49N7O5. The number of ether oxygens (including phenoxy) is 3. The Morgan fingerprint density at radius 1 is 1.02 bits per heavy atom. The van der Waals surface area contributed by atoms with Gasteiger partial charge in [0.2, 0.25) is 0 Å². The number of piperidine rings is 1. The van der Waals surface area contributed by atoms with Gasteiger partial charge in [0.25, 0.3) is 5.91 Å². The number of imidazole rings is 1. The summed E-state index contributed by atoms with van der Waals surface area (Å²) in [6, 6.07) is 16.1. The molecule has 0 bridgehead atoms. The molecule has 2 aliphatic rings. The summed E-state index contributed by atoms with van der Waals surface area (Å²) >= 11 is 0. The van der Waals surface area contributed by atoms with Gasteiger partial charge < -0.3 is 29.0 Å². The summed E-state index contributed by atoms with van der Waals surface area (Å²) < 4.78 is 19.9. The van der Waals surface area contributed by atoms with Crippen molar-refractivity contribution >= 4 is 22.9 Å². The first-order valence-electron chi connectivity index (χ1n) is 18.7. The normalized spacial score (nSPS) is 16.8. The Morgan fingerprint density at radius 3 is 2.53 bits per heavy atom. The van der Waals surface area contributed by atoms with Crippen molar-refractivity contribution < 1.29 is 23.8 Å². The fraction of sp³-hybridized carbons (Fsp3) is 0.439. The molecule has 53 heavy (non-hydrogen) atoms. The van der Waals surface area contributed by atoms with Crippen molar-refractivity contribution in [2.24, 2.45) is 0 Å². The van der Waals surface area contributed by atoms with Gasteiger partial charge in [-0.2, -0.15) is 5.10 Å². The molecule has 3 aromatic heterocycles. The molecule has 2 amide bonds. The third-order valence-electron chi connectivity index (χ3n) is 9.97. The number of aromatic nitrogens is 5. The highest BCUT2D eigenvalue weighted by molar-refractivity contribution is 5.97. The SMILES string of the molecule is CCN(Cc1cncc(-c2ccc3c(c2)c(-c2ncc(C(=O)N4CCC(Oc5ccccc5)CC4)[nH]2)nn3C2CCCCO2)c1C)C(=O)OC(C)(C)C. The number of aromatic amines is 1. The zero-order valence-electron chi connectivity index (χ0n) is 31.3. The molecule has 0 radical (unpaired) electrons. The molecule has 278 valence electrons. The van der Waals surface area contributed by atoms with Gasteiger partial charge >= 0.3 is 6.09 Å². The summed E-state index contributed by atoms with van der Waals surface area (Å²) in [5.74, 6) is 1.28. The molecule has 5 aromatic rings. The van der Waals surface area contributed by atoms with Crippen LogP contribution < -0.4 is 4.74 Å². The van der Waals surface area contributed by atoms with Crippen LogP contribution in [0.15, 0.2) is 67.1 Å². The second kappa shape index (κ2) is 15.4. The van der Waals surface area contributed by atoms with E-state index in [1.807, 2.05) is 80.0 Å². The third kappa shape index (κ3) is 8.07. The molecule has 0 spiro atoms. The van der Waals surface area contributed by atoms with Crippen LogP contribution in [0.25, 0.3) is 33.5 Å². The summed E-state index contributed by atoms with van der Waals surface area (Å²) in [6.45, 7) is 12.4. The number of benzene rings is 2. The van der Waals surface area contributed by atoms with Crippen LogP contribution in [0.4, 0.5) is 4.79 Å². The summed E-state index contributed by atoms with van der Waals surface area (Å²) in [5.41, 5.74) is 5.27. The Kier molecular flexibility index (Phi) is 10.5. The number of carbonyl (C=O) groups is 2. The van der Waals surface area contributed by atoms with E-state index in [0.717, 1.165) is 71.0 Å². The van der Waals surface area contributed by atoms with E-state index in [4.69, 9.17) is 24.3 Å². The van der Waals surface area contributed by atoms with E-state index in [1.54, 1.807) is 11.1 Å². The van der Waals surface area contributed by atoms with Crippen molar-refractivity contribution in [2.75, 3.05) is 26.2 Å². The van der Waals surface area contributed by atoms with Crippen molar-refractivity contribution in [2.45, 2.75) is 91.2 Å². The third-order valence-corrected chi connectivity index (χ3v) is 9.97. The molecule has 1 unspecified atom stereocenters. The van der Waals surface area contributed by atoms with Crippen molar-refractivity contribution in [1.82, 2.24) is 34.5 Å². The number of para-hydroxylation sites is 1. The number of fused-ring (bicyclic) bond motifs is 1. The number of nitrogens with one attached hydrogen (secondary N) is 1. The van der Waals surface area contributed by atoms with Crippen molar-refractivity contribution in [3.8, 4) is 28.4 Å². The van der Waals surface area contributed by atoms with E-state index in [1.165, 1.54) is 0 Å². The first kappa shape index (κ1) is 36.1. The predicted molar refractivity (Wildman–Crippen MR) is 202 cm³/mol. The Morgan fingerprint density at radius 2 is 1.81 bits per heavy atom. The molecular weight excluding hydrogens is 670 g/mol. The van der Waals surface area contributed by atoms with Crippen LogP contribution in [0.3, 0.4) is 0 Å². The van der Waals surface area contributed by atoms with Crippen molar-refractivity contribution in [3.05, 3.63) is 83.9 Å². The van der Waals surface area contributed by atoms with E-state index in [2.05, 4.69) is 35.1 Å². The van der Waals surface area contributed by atoms with Crippen LogP contribution in [0.1, 0.15) is 87.6 Å². The van der Waals surface area contributed by atoms with Crippen LogP contribution in [0.5, 0.6) is 5.75 Å². The molecule has 5 heterocycles. The Balaban J connectivity index is 1.16. The fourth-order valence-electron chi connectivity index (χ4n) is 7.06. The van der Waals surface area contributed by atoms with Gasteiger partial charge in [-0.3, -0.25) is 9.78 Å². The molecule has 2 aliphatic heterocycles. The van der Waals surface area contributed by atoms with Crippen molar-refractivity contribution in [1.29, 1.82) is 0 Å². The zero-order chi connectivity index (χ0) is 37.1. The van der Waals surface area contributed by atoms with E-state index in [0.29, 0.717) is 50.0 Å². The number of likely N-dealkylation sites (tertiary alicyclic amines) is 1. The lowest BCUT2D eigenvalue weighted by Gasteiger charge is -2.31. The minimum absolute atomic E-state index is 0.0698. The predicted octanol–water partition coefficient (Wildman–Crippen LogP) is 7.94. The number of H-pyrrole nitrogens is 1. The number of pyridine rings is 1. The number of rotatable bonds is 9. The van der Waals surface area contributed by atoms with Gasteiger partial charge in [-0.05, 0) is 94.8 Å². The van der Waals surface area contributed by atoms with E-state index < -0.39 is 5.60 Å². The minimum Gasteiger partial charge on any atom is -0.490 e. The van der Waals surface area contributed by atoms with Crippen LogP contribution in [0, 0.1) is 6.92 Å². The second-order valence-electron chi connectivity index (χ2n) is 14.9. The maximum atomic E-state index is 13.7. The Hall–Kier alpha value is -5.23. The van der Waals surface area contributed by atoms with Crippen LogP contribution in [0.2, 0.25) is 0 Å². The smallest absolute Gasteiger partial charge is 0.410 e. The van der Waals surface area contributed by atoms with Crippen LogP contribution >= 0.6 is 0 Å². The monoisotopic (exact) mass is 719 g/mol. The van der Waals surface area contributed by atoms with Gasteiger partial charge in [0.15, 0.2) is 12.1 Å². The number of nitrogens with zero attached hydrogens (tertiary/aromatic N) is 6. The topological polar surface area (TPSA) is 128 Å². The lowest BCUT2D eigenvalue weighted by Crippen LogP contribution is -2.41. The number of hydrogen-bond acceptors (Lipinski definition) is 8. The molecule has 1 N–H and O–H groups in total. The van der Waals surface area contributed by atoms with E-state index in [-0.39, 0.29) is 24.3 Å². The molecule has 0 aliphatic carbocycles. The molecule has 1 atom stereocenters. The molecule has 7 rings (SSSR count). The average molecular weight is 720 g/mol. The number of carbonyl (C=O) groups excluding carboxylic acids is 2. The van der Waals surface area contributed by atoms with Gasteiger partial charge in [-0.15, -0.1) is 0 Å². The molecule has 12 nitrogen and oxygen atoms in total. The lowest BCUT2D eigenvalue weighted by atomic mass is 9.97. The summed E-state index contributed by atoms with van der Waals surface area (Å²) in [6.07, 6.45) is 9.26. The molecule has 2 fully saturated rings. The Labute approximate surface area is 310 Å². The zero-order valence-corrected chi connectivity index (χ0v) is 31.3. The van der Waals surface area contributed by atoms with E-state index >= 15 is 0 Å². The highest BCUT2D eigenvalue weighted by atomic mass is 16.6. The van der Waals surface area contributed by atoms with Gasteiger partial charge in [-0.25, -0.2) is 14.5 Å². The number of hydrogen-bond donors (Lipinski definition) is 1. The van der Waals surface area contributed by atoms with Gasteiger partial charge in [0.1, 0.15) is 28.8 Å². The van der Waals surface area contributed by atoms with Crippen LogP contribution in [-0.2, 0) is 16.0 Å². The van der Waals surface area contributed by atoms with Crippen molar-refractivity contribution in [3.63, 3.8) is 0 Å².